The maximum Gasteiger partial charge on any atom is 0.0618 e. The van der Waals surface area contributed by atoms with Crippen LogP contribution in [0.25, 0.3) is 0 Å². The summed E-state index contributed by atoms with van der Waals surface area (Å²) in [7, 11) is 3.95. The summed E-state index contributed by atoms with van der Waals surface area (Å²) in [5.74, 6) is 0.852. The molecule has 0 N–H and O–H groups in total. The van der Waals surface area contributed by atoms with Crippen molar-refractivity contribution in [2.75, 3.05) is 27.3 Å². The molecule has 2 nitrogen and oxygen atoms in total. The molecular formula is C8H17NO. The van der Waals surface area contributed by atoms with Crippen molar-refractivity contribution in [3.05, 3.63) is 0 Å². The van der Waals surface area contributed by atoms with Gasteiger partial charge >= 0.3 is 0 Å². The molecule has 1 saturated heterocycles. The quantitative estimate of drug-likeness (QED) is 0.571. The van der Waals surface area contributed by atoms with Crippen molar-refractivity contribution < 1.29 is 4.74 Å². The van der Waals surface area contributed by atoms with Gasteiger partial charge in [0.25, 0.3) is 0 Å². The van der Waals surface area contributed by atoms with E-state index < -0.39 is 0 Å². The first kappa shape index (κ1) is 8.02. The van der Waals surface area contributed by atoms with Crippen molar-refractivity contribution >= 4 is 0 Å². The summed E-state index contributed by atoms with van der Waals surface area (Å²) in [5.41, 5.74) is 0. The third-order valence-corrected chi connectivity index (χ3v) is 2.26. The second-order valence-electron chi connectivity index (χ2n) is 3.39. The smallest absolute Gasteiger partial charge is 0.0618 e. The molecule has 0 aromatic rings. The molecule has 0 spiro atoms. The largest absolute Gasteiger partial charge is 0.383 e. The molecule has 2 heteroatoms. The number of likely N-dealkylation sites (N-methyl/N-ethyl adjacent to an activating group) is 1. The minimum Gasteiger partial charge on any atom is -0.383 e. The van der Waals surface area contributed by atoms with Gasteiger partial charge in [-0.05, 0) is 19.4 Å². The number of likely N-dealkylation sites (tertiary alicyclic amines) is 1. The number of ether oxygens (including phenoxy) is 1. The van der Waals surface area contributed by atoms with Crippen molar-refractivity contribution in [1.82, 2.24) is 4.90 Å². The van der Waals surface area contributed by atoms with Crippen LogP contribution in [-0.4, -0.2) is 38.3 Å². The van der Waals surface area contributed by atoms with Crippen LogP contribution in [0.5, 0.6) is 0 Å². The predicted octanol–water partition coefficient (Wildman–Crippen LogP) is 0.973. The maximum atomic E-state index is 5.10. The van der Waals surface area contributed by atoms with Crippen LogP contribution >= 0.6 is 0 Å². The Morgan fingerprint density at radius 1 is 1.60 bits per heavy atom. The zero-order valence-electron chi connectivity index (χ0n) is 7.13. The van der Waals surface area contributed by atoms with Crippen LogP contribution in [0.4, 0.5) is 0 Å². The van der Waals surface area contributed by atoms with Gasteiger partial charge in [0, 0.05) is 19.7 Å². The number of rotatable bonds is 2. The molecule has 60 valence electrons. The molecule has 10 heavy (non-hydrogen) atoms. The average molecular weight is 143 g/mol. The van der Waals surface area contributed by atoms with E-state index in [1.54, 1.807) is 7.11 Å². The fourth-order valence-corrected chi connectivity index (χ4v) is 1.75. The SMILES string of the molecule is COC[C@H]1C[C@H](C)CN1C. The number of nitrogens with zero attached hydrogens (tertiary/aromatic N) is 1. The number of methoxy groups -OCH3 is 1. The summed E-state index contributed by atoms with van der Waals surface area (Å²) in [4.78, 5) is 2.38. The van der Waals surface area contributed by atoms with E-state index >= 15 is 0 Å². The lowest BCUT2D eigenvalue weighted by Gasteiger charge is -2.17. The van der Waals surface area contributed by atoms with E-state index in [9.17, 15) is 0 Å². The van der Waals surface area contributed by atoms with Gasteiger partial charge in [-0.25, -0.2) is 0 Å². The first-order valence-corrected chi connectivity index (χ1v) is 3.93. The van der Waals surface area contributed by atoms with Crippen molar-refractivity contribution in [2.24, 2.45) is 5.92 Å². The standard InChI is InChI=1S/C8H17NO/c1-7-4-8(6-10-3)9(2)5-7/h7-8H,4-6H2,1-3H3/t7-,8+/m0/s1. The van der Waals surface area contributed by atoms with Gasteiger partial charge in [0.15, 0.2) is 0 Å². The Morgan fingerprint density at radius 3 is 2.70 bits per heavy atom. The summed E-state index contributed by atoms with van der Waals surface area (Å²) < 4.78 is 5.10. The molecule has 0 bridgehead atoms. The zero-order chi connectivity index (χ0) is 7.56. The summed E-state index contributed by atoms with van der Waals surface area (Å²) >= 11 is 0. The van der Waals surface area contributed by atoms with Gasteiger partial charge in [-0.2, -0.15) is 0 Å². The summed E-state index contributed by atoms with van der Waals surface area (Å²) in [6, 6.07) is 0.667. The van der Waals surface area contributed by atoms with Crippen LogP contribution in [0.15, 0.2) is 0 Å². The van der Waals surface area contributed by atoms with E-state index in [0.29, 0.717) is 6.04 Å². The van der Waals surface area contributed by atoms with E-state index in [1.807, 2.05) is 0 Å². The molecule has 1 rings (SSSR count). The van der Waals surface area contributed by atoms with Crippen molar-refractivity contribution in [3.63, 3.8) is 0 Å². The highest BCUT2D eigenvalue weighted by atomic mass is 16.5. The van der Waals surface area contributed by atoms with Gasteiger partial charge in [0.1, 0.15) is 0 Å². The molecule has 0 aromatic heterocycles. The van der Waals surface area contributed by atoms with E-state index in [-0.39, 0.29) is 0 Å². The molecule has 1 heterocycles. The second kappa shape index (κ2) is 3.35. The Morgan fingerprint density at radius 2 is 2.30 bits per heavy atom. The van der Waals surface area contributed by atoms with E-state index in [4.69, 9.17) is 4.74 Å². The lowest BCUT2D eigenvalue weighted by atomic mass is 10.1. The van der Waals surface area contributed by atoms with Crippen LogP contribution in [0.3, 0.4) is 0 Å². The fraction of sp³-hybridized carbons (Fsp3) is 1.00. The van der Waals surface area contributed by atoms with E-state index in [0.717, 1.165) is 12.5 Å². The Kier molecular flexibility index (Phi) is 2.69. The maximum absolute atomic E-state index is 5.10. The first-order valence-electron chi connectivity index (χ1n) is 3.93. The minimum absolute atomic E-state index is 0.667. The van der Waals surface area contributed by atoms with Crippen molar-refractivity contribution in [1.29, 1.82) is 0 Å². The van der Waals surface area contributed by atoms with Gasteiger partial charge in [-0.3, -0.25) is 0 Å². The summed E-state index contributed by atoms with van der Waals surface area (Å²) in [6.07, 6.45) is 1.30. The minimum atomic E-state index is 0.667. The van der Waals surface area contributed by atoms with Crippen LogP contribution in [-0.2, 0) is 4.74 Å². The van der Waals surface area contributed by atoms with Crippen molar-refractivity contribution in [3.8, 4) is 0 Å². The summed E-state index contributed by atoms with van der Waals surface area (Å²) in [6.45, 7) is 4.42. The molecule has 1 aliphatic heterocycles. The van der Waals surface area contributed by atoms with Gasteiger partial charge in [-0.15, -0.1) is 0 Å². The van der Waals surface area contributed by atoms with Crippen LogP contribution in [0.1, 0.15) is 13.3 Å². The molecule has 0 aliphatic carbocycles. The topological polar surface area (TPSA) is 12.5 Å². The Bertz CT molecular complexity index is 105. The third-order valence-electron chi connectivity index (χ3n) is 2.26. The summed E-state index contributed by atoms with van der Waals surface area (Å²) in [5, 5.41) is 0. The molecule has 0 saturated carbocycles. The molecule has 0 unspecified atom stereocenters. The number of hydrogen-bond donors (Lipinski definition) is 0. The average Bonchev–Trinajstić information content (AvgIpc) is 2.13. The van der Waals surface area contributed by atoms with E-state index in [1.165, 1.54) is 13.0 Å². The predicted molar refractivity (Wildman–Crippen MR) is 42.1 cm³/mol. The normalized spacial score (nSPS) is 35.1. The molecule has 1 fully saturated rings. The number of hydrogen-bond acceptors (Lipinski definition) is 2. The molecule has 0 radical (unpaired) electrons. The molecule has 0 amide bonds. The first-order chi connectivity index (χ1) is 4.74. The molecule has 2 atom stereocenters. The highest BCUT2D eigenvalue weighted by Gasteiger charge is 2.25. The molecule has 1 aliphatic rings. The highest BCUT2D eigenvalue weighted by molar-refractivity contribution is 4.80. The Balaban J connectivity index is 2.31. The van der Waals surface area contributed by atoms with Crippen LogP contribution in [0, 0.1) is 5.92 Å². The van der Waals surface area contributed by atoms with Crippen molar-refractivity contribution in [2.45, 2.75) is 19.4 Å². The monoisotopic (exact) mass is 143 g/mol. The van der Waals surface area contributed by atoms with Gasteiger partial charge in [0.05, 0.1) is 6.61 Å². The van der Waals surface area contributed by atoms with Gasteiger partial charge in [-0.1, -0.05) is 6.92 Å². The fourth-order valence-electron chi connectivity index (χ4n) is 1.75. The Hall–Kier alpha value is -0.0800. The molecular weight excluding hydrogens is 126 g/mol. The molecule has 0 aromatic carbocycles. The second-order valence-corrected chi connectivity index (χ2v) is 3.39. The van der Waals surface area contributed by atoms with Crippen LogP contribution < -0.4 is 0 Å². The van der Waals surface area contributed by atoms with Gasteiger partial charge in [0.2, 0.25) is 0 Å². The Labute approximate surface area is 63.2 Å². The van der Waals surface area contributed by atoms with E-state index in [2.05, 4.69) is 18.9 Å². The third kappa shape index (κ3) is 1.70. The highest BCUT2D eigenvalue weighted by Crippen LogP contribution is 2.20. The lowest BCUT2D eigenvalue weighted by Crippen LogP contribution is -2.28. The van der Waals surface area contributed by atoms with Gasteiger partial charge < -0.3 is 9.64 Å². The lowest BCUT2D eigenvalue weighted by molar-refractivity contribution is 0.129. The van der Waals surface area contributed by atoms with Crippen LogP contribution in [0.2, 0.25) is 0 Å². The zero-order valence-corrected chi connectivity index (χ0v) is 7.13.